The van der Waals surface area contributed by atoms with Crippen molar-refractivity contribution < 1.29 is 19.1 Å². The number of ether oxygens (including phenoxy) is 2. The molecule has 2 amide bonds. The molecule has 0 aromatic heterocycles. The lowest BCUT2D eigenvalue weighted by molar-refractivity contribution is -0.142. The Bertz CT molecular complexity index is 637. The molecule has 0 N–H and O–H groups in total. The van der Waals surface area contributed by atoms with Gasteiger partial charge in [-0.05, 0) is 32.0 Å². The van der Waals surface area contributed by atoms with Crippen LogP contribution in [0.4, 0.5) is 5.69 Å². The van der Waals surface area contributed by atoms with Gasteiger partial charge < -0.3 is 14.4 Å². The summed E-state index contributed by atoms with van der Waals surface area (Å²) in [5, 5.41) is 0.493. The second-order valence-corrected chi connectivity index (χ2v) is 6.36. The van der Waals surface area contributed by atoms with Crippen LogP contribution in [0.2, 0.25) is 5.02 Å². The molecule has 124 valence electrons. The first-order valence-electron chi connectivity index (χ1n) is 7.59. The standard InChI is InChI=1S/C16H19ClN2O4/c1-10-8-22-11(2)6-18(10)15(20)7-19-13-5-12(17)3-4-14(13)23-9-16(19)21/h3-5,10-11H,6-9H2,1-2H3/t10-,11-/m0/s1. The number of amides is 2. The lowest BCUT2D eigenvalue weighted by atomic mass is 10.2. The molecule has 2 atom stereocenters. The summed E-state index contributed by atoms with van der Waals surface area (Å²) in [6.45, 7) is 4.81. The Morgan fingerprint density at radius 3 is 2.96 bits per heavy atom. The highest BCUT2D eigenvalue weighted by Crippen LogP contribution is 2.34. The van der Waals surface area contributed by atoms with Gasteiger partial charge in [-0.1, -0.05) is 11.6 Å². The Balaban J connectivity index is 1.80. The van der Waals surface area contributed by atoms with Crippen molar-refractivity contribution in [2.45, 2.75) is 26.0 Å². The topological polar surface area (TPSA) is 59.1 Å². The van der Waals surface area contributed by atoms with Gasteiger partial charge in [-0.25, -0.2) is 0 Å². The molecule has 0 spiro atoms. The SMILES string of the molecule is C[C@H]1CN(C(=O)CN2C(=O)COc3ccc(Cl)cc32)[C@@H](C)CO1. The highest BCUT2D eigenvalue weighted by Gasteiger charge is 2.32. The average molecular weight is 339 g/mol. The third-order valence-electron chi connectivity index (χ3n) is 4.09. The average Bonchev–Trinajstić information content (AvgIpc) is 2.52. The Morgan fingerprint density at radius 1 is 1.39 bits per heavy atom. The van der Waals surface area contributed by atoms with Gasteiger partial charge in [-0.15, -0.1) is 0 Å². The lowest BCUT2D eigenvalue weighted by Crippen LogP contribution is -2.54. The Hall–Kier alpha value is -1.79. The molecule has 2 aliphatic heterocycles. The monoisotopic (exact) mass is 338 g/mol. The molecule has 0 aliphatic carbocycles. The van der Waals surface area contributed by atoms with Gasteiger partial charge in [0.25, 0.3) is 5.91 Å². The molecule has 3 rings (SSSR count). The first kappa shape index (κ1) is 16.1. The van der Waals surface area contributed by atoms with Crippen LogP contribution in [0.15, 0.2) is 18.2 Å². The minimum Gasteiger partial charge on any atom is -0.482 e. The number of carbonyl (C=O) groups is 2. The minimum atomic E-state index is -0.248. The van der Waals surface area contributed by atoms with Gasteiger partial charge in [0.15, 0.2) is 6.61 Å². The van der Waals surface area contributed by atoms with Crippen molar-refractivity contribution >= 4 is 29.1 Å². The van der Waals surface area contributed by atoms with Gasteiger partial charge in [0.2, 0.25) is 5.91 Å². The summed E-state index contributed by atoms with van der Waals surface area (Å²) in [6.07, 6.45) is -0.00253. The number of nitrogens with zero attached hydrogens (tertiary/aromatic N) is 2. The maximum Gasteiger partial charge on any atom is 0.265 e. The highest BCUT2D eigenvalue weighted by molar-refractivity contribution is 6.31. The van der Waals surface area contributed by atoms with Gasteiger partial charge in [0.1, 0.15) is 12.3 Å². The second-order valence-electron chi connectivity index (χ2n) is 5.92. The summed E-state index contributed by atoms with van der Waals surface area (Å²) in [7, 11) is 0. The van der Waals surface area contributed by atoms with E-state index in [-0.39, 0.29) is 37.1 Å². The molecule has 6 nitrogen and oxygen atoms in total. The summed E-state index contributed by atoms with van der Waals surface area (Å²) in [6, 6.07) is 5.05. The van der Waals surface area contributed by atoms with Crippen LogP contribution in [-0.2, 0) is 14.3 Å². The second kappa shape index (κ2) is 6.37. The minimum absolute atomic E-state index is 0.00253. The number of carbonyl (C=O) groups excluding carboxylic acids is 2. The lowest BCUT2D eigenvalue weighted by Gasteiger charge is -2.38. The molecule has 2 heterocycles. The summed E-state index contributed by atoms with van der Waals surface area (Å²) in [5.74, 6) is 0.209. The van der Waals surface area contributed by atoms with E-state index in [0.717, 1.165) is 0 Å². The molecule has 1 aromatic rings. The van der Waals surface area contributed by atoms with Crippen molar-refractivity contribution in [3.8, 4) is 5.75 Å². The van der Waals surface area contributed by atoms with Crippen LogP contribution in [0.5, 0.6) is 5.75 Å². The molecule has 1 fully saturated rings. The number of fused-ring (bicyclic) bond motifs is 1. The number of benzene rings is 1. The number of anilines is 1. The number of rotatable bonds is 2. The van der Waals surface area contributed by atoms with E-state index in [9.17, 15) is 9.59 Å². The molecule has 0 radical (unpaired) electrons. The molecule has 0 unspecified atom stereocenters. The van der Waals surface area contributed by atoms with Crippen LogP contribution < -0.4 is 9.64 Å². The molecule has 0 bridgehead atoms. The van der Waals surface area contributed by atoms with Gasteiger partial charge in [-0.2, -0.15) is 0 Å². The predicted octanol–water partition coefficient (Wildman–Crippen LogP) is 1.70. The van der Waals surface area contributed by atoms with Crippen LogP contribution in [0.25, 0.3) is 0 Å². The van der Waals surface area contributed by atoms with Gasteiger partial charge >= 0.3 is 0 Å². The smallest absolute Gasteiger partial charge is 0.265 e. The van der Waals surface area contributed by atoms with Crippen LogP contribution in [0, 0.1) is 0 Å². The molecule has 0 saturated carbocycles. The quantitative estimate of drug-likeness (QED) is 0.823. The number of halogens is 1. The van der Waals surface area contributed by atoms with E-state index in [1.165, 1.54) is 4.90 Å². The summed E-state index contributed by atoms with van der Waals surface area (Å²) in [5.41, 5.74) is 0.538. The first-order chi connectivity index (χ1) is 11.0. The third kappa shape index (κ3) is 3.28. The molecule has 23 heavy (non-hydrogen) atoms. The Morgan fingerprint density at radius 2 is 2.17 bits per heavy atom. The largest absolute Gasteiger partial charge is 0.482 e. The highest BCUT2D eigenvalue weighted by atomic mass is 35.5. The summed E-state index contributed by atoms with van der Waals surface area (Å²) < 4.78 is 10.9. The third-order valence-corrected chi connectivity index (χ3v) is 4.32. The van der Waals surface area contributed by atoms with Crippen molar-refractivity contribution in [3.05, 3.63) is 23.2 Å². The van der Waals surface area contributed by atoms with Crippen molar-refractivity contribution in [3.63, 3.8) is 0 Å². The zero-order chi connectivity index (χ0) is 16.6. The summed E-state index contributed by atoms with van der Waals surface area (Å²) >= 11 is 6.01. The Labute approximate surface area is 139 Å². The molecule has 7 heteroatoms. The fourth-order valence-corrected chi connectivity index (χ4v) is 2.99. The first-order valence-corrected chi connectivity index (χ1v) is 7.97. The van der Waals surface area contributed by atoms with Crippen molar-refractivity contribution in [2.24, 2.45) is 0 Å². The van der Waals surface area contributed by atoms with Crippen LogP contribution in [0.3, 0.4) is 0 Å². The van der Waals surface area contributed by atoms with E-state index >= 15 is 0 Å². The van der Waals surface area contributed by atoms with E-state index in [0.29, 0.717) is 29.6 Å². The Kier molecular flexibility index (Phi) is 4.46. The van der Waals surface area contributed by atoms with Gasteiger partial charge in [0.05, 0.1) is 24.4 Å². The van der Waals surface area contributed by atoms with E-state index in [1.54, 1.807) is 23.1 Å². The molecule has 1 aromatic carbocycles. The van der Waals surface area contributed by atoms with Gasteiger partial charge in [-0.3, -0.25) is 14.5 Å². The zero-order valence-corrected chi connectivity index (χ0v) is 13.9. The number of hydrogen-bond donors (Lipinski definition) is 0. The molecule has 2 aliphatic rings. The summed E-state index contributed by atoms with van der Waals surface area (Å²) in [4.78, 5) is 28.1. The zero-order valence-electron chi connectivity index (χ0n) is 13.1. The van der Waals surface area contributed by atoms with Crippen molar-refractivity contribution in [1.29, 1.82) is 0 Å². The molecular formula is C16H19ClN2O4. The van der Waals surface area contributed by atoms with Crippen molar-refractivity contribution in [2.75, 3.05) is 31.2 Å². The van der Waals surface area contributed by atoms with E-state index in [2.05, 4.69) is 0 Å². The van der Waals surface area contributed by atoms with Crippen LogP contribution in [0.1, 0.15) is 13.8 Å². The fourth-order valence-electron chi connectivity index (χ4n) is 2.83. The molecular weight excluding hydrogens is 320 g/mol. The van der Waals surface area contributed by atoms with E-state index in [1.807, 2.05) is 13.8 Å². The maximum absolute atomic E-state index is 12.7. The van der Waals surface area contributed by atoms with Gasteiger partial charge in [0, 0.05) is 11.6 Å². The fraction of sp³-hybridized carbons (Fsp3) is 0.500. The van der Waals surface area contributed by atoms with Crippen LogP contribution in [-0.4, -0.2) is 55.2 Å². The van der Waals surface area contributed by atoms with E-state index in [4.69, 9.17) is 21.1 Å². The maximum atomic E-state index is 12.7. The van der Waals surface area contributed by atoms with Crippen molar-refractivity contribution in [1.82, 2.24) is 4.90 Å². The molecule has 1 saturated heterocycles. The van der Waals surface area contributed by atoms with E-state index < -0.39 is 0 Å². The number of hydrogen-bond acceptors (Lipinski definition) is 4. The van der Waals surface area contributed by atoms with Crippen LogP contribution >= 0.6 is 11.6 Å². The predicted molar refractivity (Wildman–Crippen MR) is 85.9 cm³/mol. The normalized spacial score (nSPS) is 24.2. The number of morpholine rings is 1.